The van der Waals surface area contributed by atoms with Crippen molar-refractivity contribution < 1.29 is 8.78 Å². The van der Waals surface area contributed by atoms with Gasteiger partial charge in [-0.3, -0.25) is 0 Å². The Hall–Kier alpha value is 0.290. The predicted molar refractivity (Wildman–Crippen MR) is 27.4 cm³/mol. The maximum absolute atomic E-state index is 11.9. The first-order valence-corrected chi connectivity index (χ1v) is 2.85. The van der Waals surface area contributed by atoms with Gasteiger partial charge in [0.15, 0.2) is 0 Å². The van der Waals surface area contributed by atoms with Gasteiger partial charge in [0, 0.05) is 5.92 Å². The maximum Gasteiger partial charge on any atom is 0.261 e. The van der Waals surface area contributed by atoms with Crippen LogP contribution >= 0.6 is 9.24 Å². The molecule has 0 aliphatic heterocycles. The van der Waals surface area contributed by atoms with E-state index in [4.69, 9.17) is 0 Å². The lowest BCUT2D eigenvalue weighted by atomic mass is 10.4. The summed E-state index contributed by atoms with van der Waals surface area (Å²) in [6.45, 7) is 0. The highest BCUT2D eigenvalue weighted by Crippen LogP contribution is 2.46. The van der Waals surface area contributed by atoms with Crippen LogP contribution in [0, 0.1) is 5.92 Å². The highest BCUT2D eigenvalue weighted by atomic mass is 31.0. The van der Waals surface area contributed by atoms with Crippen LogP contribution in [0.25, 0.3) is 0 Å². The summed E-state index contributed by atoms with van der Waals surface area (Å²) < 4.78 is 23.7. The summed E-state index contributed by atoms with van der Waals surface area (Å²) in [5, 5.41) is 0. The molecule has 0 aromatic rings. The summed E-state index contributed by atoms with van der Waals surface area (Å²) in [7, 11) is 1.56. The Morgan fingerprint density at radius 1 is 1.43 bits per heavy atom. The fourth-order valence-electron chi connectivity index (χ4n) is 0.468. The van der Waals surface area contributed by atoms with Gasteiger partial charge in [0.1, 0.15) is 0 Å². The van der Waals surface area contributed by atoms with E-state index >= 15 is 0 Å². The van der Waals surface area contributed by atoms with Crippen molar-refractivity contribution in [2.24, 2.45) is 5.92 Å². The van der Waals surface area contributed by atoms with Crippen LogP contribution in [0.5, 0.6) is 0 Å². The lowest BCUT2D eigenvalue weighted by Crippen LogP contribution is -2.05. The molecule has 0 bridgehead atoms. The van der Waals surface area contributed by atoms with E-state index in [1.54, 1.807) is 9.24 Å². The first kappa shape index (κ1) is 5.43. The molecule has 0 spiro atoms. The average molecular weight is 124 g/mol. The minimum atomic E-state index is -2.47. The van der Waals surface area contributed by atoms with Crippen LogP contribution in [0.2, 0.25) is 0 Å². The third kappa shape index (κ3) is 1.34. The normalized spacial score (nSPS) is 22.7. The second kappa shape index (κ2) is 1.38. The summed E-state index contributed by atoms with van der Waals surface area (Å²) >= 11 is 0. The Kier molecular flexibility index (Phi) is 1.07. The first-order chi connectivity index (χ1) is 3.11. The molecule has 1 aliphatic rings. The molecular weight excluding hydrogens is 117 g/mol. The smallest absolute Gasteiger partial charge is 0.202 e. The highest BCUT2D eigenvalue weighted by molar-refractivity contribution is 7.18. The number of rotatable bonds is 1. The molecule has 1 rings (SSSR count). The summed E-state index contributed by atoms with van der Waals surface area (Å²) in [6, 6.07) is 0. The molecule has 0 nitrogen and oxygen atoms in total. The van der Waals surface area contributed by atoms with Gasteiger partial charge < -0.3 is 0 Å². The molecule has 1 aliphatic carbocycles. The Labute approximate surface area is 43.5 Å². The van der Waals surface area contributed by atoms with E-state index in [1.807, 2.05) is 0 Å². The largest absolute Gasteiger partial charge is 0.261 e. The zero-order valence-corrected chi connectivity index (χ0v) is 4.98. The molecule has 1 atom stereocenters. The molecule has 0 saturated heterocycles. The molecule has 0 radical (unpaired) electrons. The van der Waals surface area contributed by atoms with Gasteiger partial charge in [0.2, 0.25) is 0 Å². The van der Waals surface area contributed by atoms with Crippen LogP contribution in [-0.4, -0.2) is 5.66 Å². The zero-order chi connectivity index (χ0) is 5.49. The molecule has 7 heavy (non-hydrogen) atoms. The quantitative estimate of drug-likeness (QED) is 0.468. The zero-order valence-electron chi connectivity index (χ0n) is 3.82. The van der Waals surface area contributed by atoms with Crippen molar-refractivity contribution >= 4 is 9.24 Å². The van der Waals surface area contributed by atoms with Gasteiger partial charge in [-0.15, -0.1) is 0 Å². The molecule has 0 heterocycles. The number of alkyl halides is 2. The van der Waals surface area contributed by atoms with E-state index in [0.29, 0.717) is 12.8 Å². The second-order valence-electron chi connectivity index (χ2n) is 1.95. The van der Waals surface area contributed by atoms with Crippen molar-refractivity contribution in [1.82, 2.24) is 0 Å². The summed E-state index contributed by atoms with van der Waals surface area (Å²) in [4.78, 5) is 0. The van der Waals surface area contributed by atoms with Crippen LogP contribution < -0.4 is 0 Å². The monoisotopic (exact) mass is 124 g/mol. The minimum absolute atomic E-state index is 0.322. The van der Waals surface area contributed by atoms with Crippen LogP contribution in [-0.2, 0) is 0 Å². The Morgan fingerprint density at radius 2 is 1.86 bits per heavy atom. The molecule has 3 heteroatoms. The van der Waals surface area contributed by atoms with E-state index in [2.05, 4.69) is 0 Å². The summed E-state index contributed by atoms with van der Waals surface area (Å²) in [6.07, 6.45) is 1.41. The van der Waals surface area contributed by atoms with Crippen LogP contribution in [0.15, 0.2) is 0 Å². The van der Waals surface area contributed by atoms with E-state index < -0.39 is 5.66 Å². The molecule has 0 amide bonds. The molecule has 1 fully saturated rings. The van der Waals surface area contributed by atoms with E-state index in [9.17, 15) is 8.78 Å². The minimum Gasteiger partial charge on any atom is -0.202 e. The topological polar surface area (TPSA) is 0 Å². The SMILES string of the molecule is FC(F)(P)C1CC1. The van der Waals surface area contributed by atoms with Gasteiger partial charge >= 0.3 is 0 Å². The molecule has 42 valence electrons. The van der Waals surface area contributed by atoms with Gasteiger partial charge in [-0.1, -0.05) is 9.24 Å². The second-order valence-corrected chi connectivity index (χ2v) is 2.72. The number of hydrogen-bond acceptors (Lipinski definition) is 0. The molecule has 0 aromatic heterocycles. The van der Waals surface area contributed by atoms with Gasteiger partial charge in [0.05, 0.1) is 0 Å². The van der Waals surface area contributed by atoms with Gasteiger partial charge in [-0.2, -0.15) is 0 Å². The lowest BCUT2D eigenvalue weighted by molar-refractivity contribution is 0.0794. The molecule has 0 aromatic carbocycles. The average Bonchev–Trinajstić information content (AvgIpc) is 1.99. The van der Waals surface area contributed by atoms with Crippen molar-refractivity contribution in [2.75, 3.05) is 0 Å². The lowest BCUT2D eigenvalue weighted by Gasteiger charge is -2.04. The van der Waals surface area contributed by atoms with Crippen LogP contribution in [0.1, 0.15) is 12.8 Å². The Morgan fingerprint density at radius 3 is 1.86 bits per heavy atom. The van der Waals surface area contributed by atoms with Crippen molar-refractivity contribution in [3.05, 3.63) is 0 Å². The highest BCUT2D eigenvalue weighted by Gasteiger charge is 2.42. The summed E-state index contributed by atoms with van der Waals surface area (Å²) in [5.74, 6) is -0.322. The summed E-state index contributed by atoms with van der Waals surface area (Å²) in [5.41, 5.74) is -2.47. The van der Waals surface area contributed by atoms with Crippen LogP contribution in [0.4, 0.5) is 8.78 Å². The Balaban J connectivity index is 2.36. The van der Waals surface area contributed by atoms with Gasteiger partial charge in [0.25, 0.3) is 5.66 Å². The van der Waals surface area contributed by atoms with Gasteiger partial charge in [-0.25, -0.2) is 8.78 Å². The fraction of sp³-hybridized carbons (Fsp3) is 1.00. The van der Waals surface area contributed by atoms with Gasteiger partial charge in [-0.05, 0) is 12.8 Å². The number of hydrogen-bond donors (Lipinski definition) is 0. The third-order valence-electron chi connectivity index (χ3n) is 1.12. The van der Waals surface area contributed by atoms with Crippen molar-refractivity contribution in [3.8, 4) is 0 Å². The van der Waals surface area contributed by atoms with E-state index in [0.717, 1.165) is 0 Å². The third-order valence-corrected chi connectivity index (χ3v) is 1.59. The van der Waals surface area contributed by atoms with E-state index in [-0.39, 0.29) is 5.92 Å². The number of halogens is 2. The van der Waals surface area contributed by atoms with Crippen LogP contribution in [0.3, 0.4) is 0 Å². The molecule has 1 saturated carbocycles. The molecular formula is C4H7F2P. The predicted octanol–water partition coefficient (Wildman–Crippen LogP) is 1.86. The van der Waals surface area contributed by atoms with E-state index in [1.165, 1.54) is 0 Å². The van der Waals surface area contributed by atoms with Crippen molar-refractivity contribution in [3.63, 3.8) is 0 Å². The standard InChI is InChI=1S/C4H7F2P/c5-4(6,7)3-1-2-3/h3H,1-2,7H2. The fourth-order valence-corrected chi connectivity index (χ4v) is 0.802. The Bertz CT molecular complexity index is 72.2. The molecule has 1 unspecified atom stereocenters. The molecule has 0 N–H and O–H groups in total. The first-order valence-electron chi connectivity index (χ1n) is 2.27. The maximum atomic E-state index is 11.9. The van der Waals surface area contributed by atoms with Crippen molar-refractivity contribution in [1.29, 1.82) is 0 Å². The van der Waals surface area contributed by atoms with Crippen molar-refractivity contribution in [2.45, 2.75) is 18.5 Å².